The third-order valence-corrected chi connectivity index (χ3v) is 6.33. The number of methoxy groups -OCH3 is 1. The molecule has 178 valence electrons. The van der Waals surface area contributed by atoms with Crippen molar-refractivity contribution in [1.29, 1.82) is 0 Å². The van der Waals surface area contributed by atoms with E-state index in [-0.39, 0.29) is 10.6 Å². The van der Waals surface area contributed by atoms with Gasteiger partial charge in [-0.2, -0.15) is 8.42 Å². The van der Waals surface area contributed by atoms with Gasteiger partial charge in [-0.1, -0.05) is 76.9 Å². The minimum Gasteiger partial charge on any atom is -0.495 e. The van der Waals surface area contributed by atoms with E-state index in [1.54, 1.807) is 12.1 Å². The molecule has 2 N–H and O–H groups in total. The lowest BCUT2D eigenvalue weighted by Crippen LogP contribution is -2.05. The van der Waals surface area contributed by atoms with Crippen LogP contribution in [0.15, 0.2) is 35.2 Å². The van der Waals surface area contributed by atoms with Crippen LogP contribution in [0.25, 0.3) is 0 Å². The first-order valence-corrected chi connectivity index (χ1v) is 13.5. The summed E-state index contributed by atoms with van der Waals surface area (Å²) < 4.78 is 37.2. The summed E-state index contributed by atoms with van der Waals surface area (Å²) in [7, 11) is -2.92. The van der Waals surface area contributed by atoms with E-state index >= 15 is 0 Å². The van der Waals surface area contributed by atoms with Gasteiger partial charge in [0.2, 0.25) is 0 Å². The smallest absolute Gasteiger partial charge is 0.298 e. The molecule has 0 spiro atoms. The van der Waals surface area contributed by atoms with Crippen LogP contribution >= 0.6 is 0 Å². The molecule has 0 fully saturated rings. The summed E-state index contributed by atoms with van der Waals surface area (Å²) >= 11 is 0. The molecule has 1 aromatic carbocycles. The number of benzene rings is 1. The van der Waals surface area contributed by atoms with Crippen LogP contribution in [0, 0.1) is 0 Å². The minimum atomic E-state index is -4.30. The molecule has 5 nitrogen and oxygen atoms in total. The fourth-order valence-electron chi connectivity index (χ4n) is 3.59. The summed E-state index contributed by atoms with van der Waals surface area (Å²) in [6.45, 7) is 3.04. The van der Waals surface area contributed by atoms with E-state index < -0.39 is 10.1 Å². The van der Waals surface area contributed by atoms with Gasteiger partial charge in [-0.3, -0.25) is 4.55 Å². The topological polar surface area (TPSA) is 75.6 Å². The van der Waals surface area contributed by atoms with Crippen LogP contribution in [0.5, 0.6) is 5.75 Å². The number of allylic oxidation sites excluding steroid dienone is 2. The number of ether oxygens (including phenoxy) is 1. The second-order valence-electron chi connectivity index (χ2n) is 8.21. The molecule has 0 aromatic heterocycles. The third kappa shape index (κ3) is 13.5. The SMILES string of the molecule is CCCCCCCCC=CCCCCCCCCNc1ccc(OC)c(S(=O)(=O)O)c1. The number of hydrogen-bond donors (Lipinski definition) is 2. The van der Waals surface area contributed by atoms with Crippen LogP contribution in [0.2, 0.25) is 0 Å². The number of anilines is 1. The van der Waals surface area contributed by atoms with Crippen molar-refractivity contribution in [2.24, 2.45) is 0 Å². The summed E-state index contributed by atoms with van der Waals surface area (Å²) in [5.74, 6) is 0.144. The van der Waals surface area contributed by atoms with Crippen molar-refractivity contribution < 1.29 is 17.7 Å². The maximum absolute atomic E-state index is 11.4. The molecule has 0 aliphatic heterocycles. The Hall–Kier alpha value is -1.53. The highest BCUT2D eigenvalue weighted by Crippen LogP contribution is 2.26. The Bertz CT molecular complexity index is 716. The second kappa shape index (κ2) is 17.1. The normalized spacial score (nSPS) is 11.8. The lowest BCUT2D eigenvalue weighted by atomic mass is 10.1. The molecule has 0 unspecified atom stereocenters. The first-order chi connectivity index (χ1) is 15.0. The van der Waals surface area contributed by atoms with Crippen LogP contribution in [-0.2, 0) is 10.1 Å². The highest BCUT2D eigenvalue weighted by molar-refractivity contribution is 7.86. The number of nitrogens with one attached hydrogen (secondary N) is 1. The van der Waals surface area contributed by atoms with E-state index in [9.17, 15) is 13.0 Å². The number of unbranched alkanes of at least 4 members (excludes halogenated alkanes) is 12. The maximum atomic E-state index is 11.4. The summed E-state index contributed by atoms with van der Waals surface area (Å²) in [5, 5.41) is 3.22. The fourth-order valence-corrected chi connectivity index (χ4v) is 4.28. The highest BCUT2D eigenvalue weighted by Gasteiger charge is 2.16. The first-order valence-electron chi connectivity index (χ1n) is 12.0. The summed E-state index contributed by atoms with van der Waals surface area (Å²) in [6, 6.07) is 4.72. The van der Waals surface area contributed by atoms with Gasteiger partial charge in [-0.05, 0) is 50.3 Å². The van der Waals surface area contributed by atoms with Gasteiger partial charge in [0.05, 0.1) is 7.11 Å². The van der Waals surface area contributed by atoms with Crippen LogP contribution in [0.4, 0.5) is 5.69 Å². The molecule has 0 atom stereocenters. The monoisotopic (exact) mass is 453 g/mol. The van der Waals surface area contributed by atoms with Crippen molar-refractivity contribution >= 4 is 15.8 Å². The molecule has 31 heavy (non-hydrogen) atoms. The predicted molar refractivity (Wildman–Crippen MR) is 131 cm³/mol. The van der Waals surface area contributed by atoms with E-state index in [1.807, 2.05) is 0 Å². The average Bonchev–Trinajstić information content (AvgIpc) is 2.75. The number of hydrogen-bond acceptors (Lipinski definition) is 4. The van der Waals surface area contributed by atoms with Crippen molar-refractivity contribution in [3.63, 3.8) is 0 Å². The Morgan fingerprint density at radius 2 is 1.42 bits per heavy atom. The fraction of sp³-hybridized carbons (Fsp3) is 0.680. The molecule has 6 heteroatoms. The van der Waals surface area contributed by atoms with Crippen LogP contribution in [0.1, 0.15) is 96.8 Å². The van der Waals surface area contributed by atoms with Gasteiger partial charge in [-0.15, -0.1) is 0 Å². The molecule has 0 bridgehead atoms. The van der Waals surface area contributed by atoms with Crippen LogP contribution in [-0.4, -0.2) is 26.6 Å². The van der Waals surface area contributed by atoms with Crippen molar-refractivity contribution in [1.82, 2.24) is 0 Å². The van der Waals surface area contributed by atoms with Gasteiger partial charge in [0.1, 0.15) is 10.6 Å². The lowest BCUT2D eigenvalue weighted by molar-refractivity contribution is 0.397. The van der Waals surface area contributed by atoms with Gasteiger partial charge in [0, 0.05) is 12.2 Å². The largest absolute Gasteiger partial charge is 0.495 e. The van der Waals surface area contributed by atoms with E-state index in [0.717, 1.165) is 19.4 Å². The third-order valence-electron chi connectivity index (χ3n) is 5.46. The van der Waals surface area contributed by atoms with Gasteiger partial charge in [-0.25, -0.2) is 0 Å². The van der Waals surface area contributed by atoms with Gasteiger partial charge in [0.15, 0.2) is 0 Å². The molecular formula is C25H43NO4S. The molecule has 0 amide bonds. The average molecular weight is 454 g/mol. The molecule has 0 saturated carbocycles. The zero-order valence-corrected chi connectivity index (χ0v) is 20.4. The predicted octanol–water partition coefficient (Wildman–Crippen LogP) is 7.39. The molecule has 0 heterocycles. The first kappa shape index (κ1) is 27.5. The Morgan fingerprint density at radius 3 is 1.97 bits per heavy atom. The van der Waals surface area contributed by atoms with Crippen molar-refractivity contribution in [3.8, 4) is 5.75 Å². The van der Waals surface area contributed by atoms with Crippen molar-refractivity contribution in [2.75, 3.05) is 19.0 Å². The van der Waals surface area contributed by atoms with Gasteiger partial charge >= 0.3 is 0 Å². The van der Waals surface area contributed by atoms with Gasteiger partial charge in [0.25, 0.3) is 10.1 Å². The minimum absolute atomic E-state index is 0.144. The zero-order chi connectivity index (χ0) is 22.8. The Labute approximate surface area is 190 Å². The Balaban J connectivity index is 2.01. The number of rotatable bonds is 19. The molecule has 1 aromatic rings. The molecule has 0 aliphatic rings. The van der Waals surface area contributed by atoms with E-state index in [1.165, 1.54) is 90.2 Å². The van der Waals surface area contributed by atoms with E-state index in [2.05, 4.69) is 24.4 Å². The molecular weight excluding hydrogens is 410 g/mol. The molecule has 0 radical (unpaired) electrons. The van der Waals surface area contributed by atoms with Crippen molar-refractivity contribution in [2.45, 2.75) is 102 Å². The van der Waals surface area contributed by atoms with E-state index in [0.29, 0.717) is 5.69 Å². The summed E-state index contributed by atoms with van der Waals surface area (Å²) in [5.41, 5.74) is 0.668. The highest BCUT2D eigenvalue weighted by atomic mass is 32.2. The Morgan fingerprint density at radius 1 is 0.871 bits per heavy atom. The summed E-state index contributed by atoms with van der Waals surface area (Å²) in [4.78, 5) is -0.207. The standard InChI is InChI=1S/C25H43NO4S/c1-3-4-5-6-7-8-9-10-11-12-13-14-15-16-17-18-21-26-23-19-20-24(30-2)25(22-23)31(27,28)29/h10-11,19-20,22,26H,3-9,12-18,21H2,1-2H3,(H,27,28,29). The van der Waals surface area contributed by atoms with Crippen LogP contribution < -0.4 is 10.1 Å². The molecule has 1 rings (SSSR count). The Kier molecular flexibility index (Phi) is 15.2. The lowest BCUT2D eigenvalue weighted by Gasteiger charge is -2.10. The quantitative estimate of drug-likeness (QED) is 0.130. The second-order valence-corrected chi connectivity index (χ2v) is 9.60. The molecule has 0 aliphatic carbocycles. The van der Waals surface area contributed by atoms with Gasteiger partial charge < -0.3 is 10.1 Å². The zero-order valence-electron chi connectivity index (χ0n) is 19.6. The molecule has 0 saturated heterocycles. The van der Waals surface area contributed by atoms with Crippen molar-refractivity contribution in [3.05, 3.63) is 30.4 Å². The maximum Gasteiger partial charge on any atom is 0.298 e. The summed E-state index contributed by atoms with van der Waals surface area (Å²) in [6.07, 6.45) is 22.6. The van der Waals surface area contributed by atoms with E-state index in [4.69, 9.17) is 4.74 Å². The van der Waals surface area contributed by atoms with Crippen LogP contribution in [0.3, 0.4) is 0 Å².